The van der Waals surface area contributed by atoms with Gasteiger partial charge < -0.3 is 14.8 Å². The number of fused-ring (bicyclic) bond motifs is 2. The van der Waals surface area contributed by atoms with Gasteiger partial charge in [-0.05, 0) is 73.1 Å². The molecule has 2 aromatic rings. The fourth-order valence-corrected chi connectivity index (χ4v) is 3.56. The molecule has 0 saturated heterocycles. The number of carbonyl (C=O) groups excluding carboxylic acids is 1. The zero-order chi connectivity index (χ0) is 17.9. The standard InChI is InChI=1S/C22H23NO3/c1-15(18-9-8-17-4-2-3-5-19(17)13-18)23-22(24)11-7-16-6-10-20-21(12-16)26-14-25-20/h6-13,15H,2-5,14H2,1H3,(H,23,24)/b11-7+/t15-/m0/s1. The van der Waals surface area contributed by atoms with Gasteiger partial charge in [-0.3, -0.25) is 4.79 Å². The number of aryl methyl sites for hydroxylation is 2. The lowest BCUT2D eigenvalue weighted by Gasteiger charge is -2.19. The third-order valence-electron chi connectivity index (χ3n) is 5.06. The van der Waals surface area contributed by atoms with Gasteiger partial charge in [-0.2, -0.15) is 0 Å². The molecule has 1 heterocycles. The van der Waals surface area contributed by atoms with Crippen LogP contribution < -0.4 is 14.8 Å². The van der Waals surface area contributed by atoms with E-state index in [1.165, 1.54) is 30.4 Å². The van der Waals surface area contributed by atoms with Crippen molar-refractivity contribution >= 4 is 12.0 Å². The first-order valence-electron chi connectivity index (χ1n) is 9.19. The molecule has 4 heteroatoms. The van der Waals surface area contributed by atoms with Crippen molar-refractivity contribution < 1.29 is 14.3 Å². The van der Waals surface area contributed by atoms with E-state index in [2.05, 4.69) is 23.5 Å². The number of hydrogen-bond donors (Lipinski definition) is 1. The van der Waals surface area contributed by atoms with Gasteiger partial charge >= 0.3 is 0 Å². The Morgan fingerprint density at radius 2 is 1.85 bits per heavy atom. The fourth-order valence-electron chi connectivity index (χ4n) is 3.56. The highest BCUT2D eigenvalue weighted by atomic mass is 16.7. The molecule has 4 rings (SSSR count). The summed E-state index contributed by atoms with van der Waals surface area (Å²) in [5, 5.41) is 3.04. The normalized spacial score (nSPS) is 16.3. The van der Waals surface area contributed by atoms with Crippen LogP contribution in [0.4, 0.5) is 0 Å². The Balaban J connectivity index is 1.39. The van der Waals surface area contributed by atoms with Crippen LogP contribution in [0.15, 0.2) is 42.5 Å². The van der Waals surface area contributed by atoms with Gasteiger partial charge in [0.1, 0.15) is 0 Å². The van der Waals surface area contributed by atoms with Crippen LogP contribution in [0.2, 0.25) is 0 Å². The summed E-state index contributed by atoms with van der Waals surface area (Å²) < 4.78 is 10.7. The highest BCUT2D eigenvalue weighted by Gasteiger charge is 2.14. The van der Waals surface area contributed by atoms with Gasteiger partial charge in [-0.25, -0.2) is 0 Å². The van der Waals surface area contributed by atoms with Crippen molar-refractivity contribution in [2.45, 2.75) is 38.6 Å². The van der Waals surface area contributed by atoms with Crippen molar-refractivity contribution in [3.8, 4) is 11.5 Å². The molecule has 134 valence electrons. The summed E-state index contributed by atoms with van der Waals surface area (Å²) in [7, 11) is 0. The minimum atomic E-state index is -0.104. The molecule has 2 aliphatic rings. The molecule has 1 atom stereocenters. The van der Waals surface area contributed by atoms with E-state index < -0.39 is 0 Å². The summed E-state index contributed by atoms with van der Waals surface area (Å²) in [6.45, 7) is 2.28. The Morgan fingerprint density at radius 1 is 1.04 bits per heavy atom. The number of carbonyl (C=O) groups is 1. The molecule has 0 bridgehead atoms. The first kappa shape index (κ1) is 16.7. The molecule has 1 amide bonds. The monoisotopic (exact) mass is 349 g/mol. The van der Waals surface area contributed by atoms with Crippen LogP contribution in [0.25, 0.3) is 6.08 Å². The van der Waals surface area contributed by atoms with Gasteiger partial charge in [-0.1, -0.05) is 24.3 Å². The van der Waals surface area contributed by atoms with Crippen molar-refractivity contribution in [1.82, 2.24) is 5.32 Å². The number of nitrogens with one attached hydrogen (secondary N) is 1. The molecule has 2 aromatic carbocycles. The number of rotatable bonds is 4. The molecule has 0 saturated carbocycles. The van der Waals surface area contributed by atoms with Crippen molar-refractivity contribution in [2.75, 3.05) is 6.79 Å². The highest BCUT2D eigenvalue weighted by molar-refractivity contribution is 5.92. The lowest BCUT2D eigenvalue weighted by molar-refractivity contribution is -0.117. The second kappa shape index (κ2) is 7.24. The molecule has 0 aromatic heterocycles. The van der Waals surface area contributed by atoms with E-state index in [0.717, 1.165) is 29.0 Å². The number of ether oxygens (including phenoxy) is 2. The van der Waals surface area contributed by atoms with Crippen LogP contribution in [0.3, 0.4) is 0 Å². The van der Waals surface area contributed by atoms with Crippen LogP contribution in [0, 0.1) is 0 Å². The third-order valence-corrected chi connectivity index (χ3v) is 5.06. The first-order valence-corrected chi connectivity index (χ1v) is 9.19. The Kier molecular flexibility index (Phi) is 4.65. The molecular weight excluding hydrogens is 326 g/mol. The molecule has 26 heavy (non-hydrogen) atoms. The van der Waals surface area contributed by atoms with Gasteiger partial charge in [0.2, 0.25) is 12.7 Å². The number of amides is 1. The summed E-state index contributed by atoms with van der Waals surface area (Å²) in [4.78, 5) is 12.3. The predicted octanol–water partition coefficient (Wildman–Crippen LogP) is 4.18. The van der Waals surface area contributed by atoms with Crippen LogP contribution in [0.5, 0.6) is 11.5 Å². The van der Waals surface area contributed by atoms with E-state index in [1.54, 1.807) is 12.2 Å². The van der Waals surface area contributed by atoms with Gasteiger partial charge in [0.05, 0.1) is 6.04 Å². The van der Waals surface area contributed by atoms with E-state index >= 15 is 0 Å². The second-order valence-electron chi connectivity index (χ2n) is 6.91. The average Bonchev–Trinajstić information content (AvgIpc) is 3.13. The molecular formula is C22H23NO3. The molecule has 0 fully saturated rings. The average molecular weight is 349 g/mol. The minimum Gasteiger partial charge on any atom is -0.454 e. The van der Waals surface area contributed by atoms with Gasteiger partial charge in [0, 0.05) is 6.08 Å². The predicted molar refractivity (Wildman–Crippen MR) is 101 cm³/mol. The fraction of sp³-hybridized carbons (Fsp3) is 0.318. The molecule has 1 aliphatic heterocycles. The Bertz CT molecular complexity index is 856. The van der Waals surface area contributed by atoms with E-state index in [1.807, 2.05) is 25.1 Å². The maximum Gasteiger partial charge on any atom is 0.244 e. The lowest BCUT2D eigenvalue weighted by atomic mass is 9.89. The second-order valence-corrected chi connectivity index (χ2v) is 6.91. The third kappa shape index (κ3) is 3.59. The summed E-state index contributed by atoms with van der Waals surface area (Å²) in [5.41, 5.74) is 4.97. The van der Waals surface area contributed by atoms with Gasteiger partial charge in [0.15, 0.2) is 11.5 Å². The summed E-state index contributed by atoms with van der Waals surface area (Å²) in [6, 6.07) is 12.2. The van der Waals surface area contributed by atoms with E-state index in [0.29, 0.717) is 0 Å². The molecule has 1 N–H and O–H groups in total. The molecule has 4 nitrogen and oxygen atoms in total. The molecule has 0 spiro atoms. The molecule has 0 unspecified atom stereocenters. The summed E-state index contributed by atoms with van der Waals surface area (Å²) in [5.74, 6) is 1.36. The topological polar surface area (TPSA) is 47.6 Å². The maximum atomic E-state index is 12.3. The Labute approximate surface area is 153 Å². The van der Waals surface area contributed by atoms with E-state index in [4.69, 9.17) is 9.47 Å². The number of hydrogen-bond acceptors (Lipinski definition) is 3. The Hall–Kier alpha value is -2.75. The number of benzene rings is 2. The SMILES string of the molecule is C[C@H](NC(=O)/C=C/c1ccc2c(c1)OCO2)c1ccc2c(c1)CCCC2. The summed E-state index contributed by atoms with van der Waals surface area (Å²) in [6.07, 6.45) is 8.21. The van der Waals surface area contributed by atoms with Crippen molar-refractivity contribution in [1.29, 1.82) is 0 Å². The maximum absolute atomic E-state index is 12.3. The van der Waals surface area contributed by atoms with Gasteiger partial charge in [-0.15, -0.1) is 0 Å². The van der Waals surface area contributed by atoms with Crippen molar-refractivity contribution in [2.24, 2.45) is 0 Å². The smallest absolute Gasteiger partial charge is 0.244 e. The summed E-state index contributed by atoms with van der Waals surface area (Å²) >= 11 is 0. The van der Waals surface area contributed by atoms with Crippen LogP contribution in [0.1, 0.15) is 48.1 Å². The van der Waals surface area contributed by atoms with E-state index in [-0.39, 0.29) is 18.7 Å². The van der Waals surface area contributed by atoms with Crippen LogP contribution in [-0.2, 0) is 17.6 Å². The lowest BCUT2D eigenvalue weighted by Crippen LogP contribution is -2.24. The van der Waals surface area contributed by atoms with Crippen LogP contribution in [-0.4, -0.2) is 12.7 Å². The highest BCUT2D eigenvalue weighted by Crippen LogP contribution is 2.32. The van der Waals surface area contributed by atoms with Crippen molar-refractivity contribution in [3.63, 3.8) is 0 Å². The Morgan fingerprint density at radius 3 is 2.73 bits per heavy atom. The minimum absolute atomic E-state index is 0.0175. The quantitative estimate of drug-likeness (QED) is 0.842. The zero-order valence-corrected chi connectivity index (χ0v) is 15.0. The zero-order valence-electron chi connectivity index (χ0n) is 15.0. The van der Waals surface area contributed by atoms with E-state index in [9.17, 15) is 4.79 Å². The first-order chi connectivity index (χ1) is 12.7. The molecule has 0 radical (unpaired) electrons. The van der Waals surface area contributed by atoms with Crippen molar-refractivity contribution in [3.05, 3.63) is 64.7 Å². The molecule has 1 aliphatic carbocycles. The van der Waals surface area contributed by atoms with Gasteiger partial charge in [0.25, 0.3) is 0 Å². The van der Waals surface area contributed by atoms with Crippen LogP contribution >= 0.6 is 0 Å². The largest absolute Gasteiger partial charge is 0.454 e.